The predicted octanol–water partition coefficient (Wildman–Crippen LogP) is 4.70. The molecule has 0 spiro atoms. The third-order valence-electron chi connectivity index (χ3n) is 3.59. The number of benzene rings is 2. The second kappa shape index (κ2) is 7.64. The van der Waals surface area contributed by atoms with Crippen molar-refractivity contribution in [1.29, 1.82) is 0 Å². The maximum Gasteiger partial charge on any atom is 0.343 e. The number of rotatable bonds is 6. The molecule has 2 aromatic carbocycles. The van der Waals surface area contributed by atoms with Gasteiger partial charge in [0.1, 0.15) is 11.5 Å². The zero-order chi connectivity index (χ0) is 15.9. The summed E-state index contributed by atoms with van der Waals surface area (Å²) in [6.45, 7) is 6.71. The molecular formula is C19H22O3. The van der Waals surface area contributed by atoms with Crippen LogP contribution in [0.2, 0.25) is 0 Å². The van der Waals surface area contributed by atoms with Gasteiger partial charge in [-0.3, -0.25) is 0 Å². The molecule has 0 bridgehead atoms. The summed E-state index contributed by atoms with van der Waals surface area (Å²) in [7, 11) is 0. The van der Waals surface area contributed by atoms with E-state index in [0.29, 0.717) is 23.7 Å². The van der Waals surface area contributed by atoms with Gasteiger partial charge in [0.05, 0.1) is 12.2 Å². The molecule has 0 aliphatic rings. The summed E-state index contributed by atoms with van der Waals surface area (Å²) in [5.74, 6) is 0.931. The lowest BCUT2D eigenvalue weighted by molar-refractivity contribution is 0.0733. The maximum atomic E-state index is 12.3. The molecule has 0 heterocycles. The molecule has 0 fully saturated rings. The standard InChI is InChI=1S/C19H22O3/c1-4-5-12-21-17-10-7-9-16(13-17)19(20)22-18-11-6-8-14(2)15(18)3/h6-11,13H,4-5,12H2,1-3H3. The number of hydrogen-bond acceptors (Lipinski definition) is 3. The van der Waals surface area contributed by atoms with Crippen LogP contribution in [0.25, 0.3) is 0 Å². The molecule has 0 radical (unpaired) electrons. The Morgan fingerprint density at radius 1 is 1.09 bits per heavy atom. The molecule has 0 aromatic heterocycles. The molecule has 116 valence electrons. The Labute approximate surface area is 131 Å². The molecule has 0 N–H and O–H groups in total. The average molecular weight is 298 g/mol. The molecule has 3 nitrogen and oxygen atoms in total. The molecular weight excluding hydrogens is 276 g/mol. The molecule has 22 heavy (non-hydrogen) atoms. The summed E-state index contributed by atoms with van der Waals surface area (Å²) in [6.07, 6.45) is 2.07. The lowest BCUT2D eigenvalue weighted by Gasteiger charge is -2.10. The zero-order valence-corrected chi connectivity index (χ0v) is 13.4. The van der Waals surface area contributed by atoms with Gasteiger partial charge in [0.15, 0.2) is 0 Å². The average Bonchev–Trinajstić information content (AvgIpc) is 2.52. The van der Waals surface area contributed by atoms with Gasteiger partial charge < -0.3 is 9.47 Å². The largest absolute Gasteiger partial charge is 0.494 e. The summed E-state index contributed by atoms with van der Waals surface area (Å²) in [4.78, 5) is 12.3. The highest BCUT2D eigenvalue weighted by atomic mass is 16.5. The van der Waals surface area contributed by atoms with E-state index in [9.17, 15) is 4.79 Å². The molecule has 0 saturated carbocycles. The van der Waals surface area contributed by atoms with Crippen LogP contribution in [0.4, 0.5) is 0 Å². The van der Waals surface area contributed by atoms with Crippen LogP contribution in [0.15, 0.2) is 42.5 Å². The topological polar surface area (TPSA) is 35.5 Å². The van der Waals surface area contributed by atoms with Gasteiger partial charge in [0.25, 0.3) is 0 Å². The lowest BCUT2D eigenvalue weighted by atomic mass is 10.1. The smallest absolute Gasteiger partial charge is 0.343 e. The van der Waals surface area contributed by atoms with Gasteiger partial charge in [-0.05, 0) is 55.7 Å². The van der Waals surface area contributed by atoms with Crippen LogP contribution in [-0.2, 0) is 0 Å². The van der Waals surface area contributed by atoms with Crippen LogP contribution in [0.3, 0.4) is 0 Å². The van der Waals surface area contributed by atoms with Gasteiger partial charge in [-0.1, -0.05) is 31.5 Å². The summed E-state index contributed by atoms with van der Waals surface area (Å²) in [6, 6.07) is 12.8. The fraction of sp³-hybridized carbons (Fsp3) is 0.316. The number of unbranched alkanes of at least 4 members (excludes halogenated alkanes) is 1. The Bertz CT molecular complexity index is 647. The third-order valence-corrected chi connectivity index (χ3v) is 3.59. The van der Waals surface area contributed by atoms with Crippen LogP contribution in [0.5, 0.6) is 11.5 Å². The van der Waals surface area contributed by atoms with Crippen molar-refractivity contribution in [2.75, 3.05) is 6.61 Å². The fourth-order valence-electron chi connectivity index (χ4n) is 2.04. The van der Waals surface area contributed by atoms with Gasteiger partial charge in [0.2, 0.25) is 0 Å². The zero-order valence-electron chi connectivity index (χ0n) is 13.4. The Balaban J connectivity index is 2.09. The molecule has 2 aromatic rings. The van der Waals surface area contributed by atoms with E-state index in [0.717, 1.165) is 24.0 Å². The highest BCUT2D eigenvalue weighted by molar-refractivity contribution is 5.91. The number of hydrogen-bond donors (Lipinski definition) is 0. The van der Waals surface area contributed by atoms with E-state index >= 15 is 0 Å². The Kier molecular flexibility index (Phi) is 5.59. The highest BCUT2D eigenvalue weighted by Crippen LogP contribution is 2.22. The molecule has 0 atom stereocenters. The number of carbonyl (C=O) groups is 1. The van der Waals surface area contributed by atoms with Gasteiger partial charge in [-0.15, -0.1) is 0 Å². The van der Waals surface area contributed by atoms with E-state index in [2.05, 4.69) is 6.92 Å². The summed E-state index contributed by atoms with van der Waals surface area (Å²) >= 11 is 0. The van der Waals surface area contributed by atoms with E-state index in [1.165, 1.54) is 0 Å². The molecule has 2 rings (SSSR count). The minimum atomic E-state index is -0.366. The van der Waals surface area contributed by atoms with Crippen molar-refractivity contribution < 1.29 is 14.3 Å². The lowest BCUT2D eigenvalue weighted by Crippen LogP contribution is -2.10. The number of aryl methyl sites for hydroxylation is 1. The van der Waals surface area contributed by atoms with Crippen molar-refractivity contribution in [3.63, 3.8) is 0 Å². The van der Waals surface area contributed by atoms with Crippen molar-refractivity contribution in [2.45, 2.75) is 33.6 Å². The van der Waals surface area contributed by atoms with Crippen LogP contribution < -0.4 is 9.47 Å². The van der Waals surface area contributed by atoms with E-state index in [1.807, 2.05) is 38.1 Å². The van der Waals surface area contributed by atoms with Crippen molar-refractivity contribution in [1.82, 2.24) is 0 Å². The number of carbonyl (C=O) groups excluding carboxylic acids is 1. The molecule has 0 aliphatic carbocycles. The second-order valence-electron chi connectivity index (χ2n) is 5.32. The first-order valence-electron chi connectivity index (χ1n) is 7.63. The first-order valence-corrected chi connectivity index (χ1v) is 7.63. The van der Waals surface area contributed by atoms with E-state index in [-0.39, 0.29) is 5.97 Å². The molecule has 3 heteroatoms. The van der Waals surface area contributed by atoms with Gasteiger partial charge >= 0.3 is 5.97 Å². The molecule has 0 saturated heterocycles. The molecule has 0 amide bonds. The SMILES string of the molecule is CCCCOc1cccc(C(=O)Oc2cccc(C)c2C)c1. The number of ether oxygens (including phenoxy) is 2. The Morgan fingerprint density at radius 3 is 2.64 bits per heavy atom. The van der Waals surface area contributed by atoms with E-state index in [4.69, 9.17) is 9.47 Å². The van der Waals surface area contributed by atoms with Crippen LogP contribution in [0.1, 0.15) is 41.3 Å². The van der Waals surface area contributed by atoms with E-state index < -0.39 is 0 Å². The van der Waals surface area contributed by atoms with Crippen LogP contribution in [-0.4, -0.2) is 12.6 Å². The minimum absolute atomic E-state index is 0.366. The van der Waals surface area contributed by atoms with Gasteiger partial charge in [-0.25, -0.2) is 4.79 Å². The highest BCUT2D eigenvalue weighted by Gasteiger charge is 2.12. The summed E-state index contributed by atoms with van der Waals surface area (Å²) in [5.41, 5.74) is 2.57. The van der Waals surface area contributed by atoms with Crippen LogP contribution in [0, 0.1) is 13.8 Å². The van der Waals surface area contributed by atoms with Crippen molar-refractivity contribution in [2.24, 2.45) is 0 Å². The van der Waals surface area contributed by atoms with Crippen LogP contribution >= 0.6 is 0 Å². The summed E-state index contributed by atoms with van der Waals surface area (Å²) < 4.78 is 11.1. The van der Waals surface area contributed by atoms with E-state index in [1.54, 1.807) is 18.2 Å². The predicted molar refractivity (Wildman–Crippen MR) is 87.7 cm³/mol. The van der Waals surface area contributed by atoms with Gasteiger partial charge in [0, 0.05) is 0 Å². The van der Waals surface area contributed by atoms with Gasteiger partial charge in [-0.2, -0.15) is 0 Å². The Hall–Kier alpha value is -2.29. The second-order valence-corrected chi connectivity index (χ2v) is 5.32. The van der Waals surface area contributed by atoms with Crippen molar-refractivity contribution in [3.8, 4) is 11.5 Å². The quantitative estimate of drug-likeness (QED) is 0.440. The normalized spacial score (nSPS) is 10.3. The van der Waals surface area contributed by atoms with Crippen molar-refractivity contribution >= 4 is 5.97 Å². The first kappa shape index (κ1) is 16.1. The number of esters is 1. The first-order chi connectivity index (χ1) is 10.6. The third kappa shape index (κ3) is 4.10. The fourth-order valence-corrected chi connectivity index (χ4v) is 2.04. The monoisotopic (exact) mass is 298 g/mol. The molecule has 0 unspecified atom stereocenters. The minimum Gasteiger partial charge on any atom is -0.494 e. The maximum absolute atomic E-state index is 12.3. The van der Waals surface area contributed by atoms with Crippen molar-refractivity contribution in [3.05, 3.63) is 59.2 Å². The summed E-state index contributed by atoms with van der Waals surface area (Å²) in [5, 5.41) is 0. The Morgan fingerprint density at radius 2 is 1.86 bits per heavy atom. The molecule has 0 aliphatic heterocycles.